The second-order valence-electron chi connectivity index (χ2n) is 7.37. The largest absolute Gasteiger partial charge is 0.481 e. The highest BCUT2D eigenvalue weighted by atomic mass is 16.4. The second kappa shape index (κ2) is 6.05. The fraction of sp³-hybridized carbons (Fsp3) is 0.941. The maximum Gasteiger partial charge on any atom is 0.310 e. The minimum atomic E-state index is -0.532. The minimum absolute atomic E-state index is 0.433. The molecule has 1 N–H and O–H groups in total. The van der Waals surface area contributed by atoms with Crippen molar-refractivity contribution in [1.82, 2.24) is 4.90 Å². The van der Waals surface area contributed by atoms with Crippen molar-refractivity contribution in [2.24, 2.45) is 11.3 Å². The van der Waals surface area contributed by atoms with Gasteiger partial charge in [-0.25, -0.2) is 0 Å². The standard InChI is InChI=1S/C17H29NO2/c19-16(20)17(10-4-1-5-11-17)13-18-12-6-8-14-7-2-3-9-15(14)18/h14-15H,1-13H2,(H,19,20)/t14-,15-/m1/s1. The van der Waals surface area contributed by atoms with Gasteiger partial charge in [0.15, 0.2) is 0 Å². The number of carboxylic acids is 1. The monoisotopic (exact) mass is 279 g/mol. The molecule has 3 rings (SSSR count). The summed E-state index contributed by atoms with van der Waals surface area (Å²) in [4.78, 5) is 14.5. The van der Waals surface area contributed by atoms with Crippen LogP contribution in [0.3, 0.4) is 0 Å². The van der Waals surface area contributed by atoms with Crippen LogP contribution >= 0.6 is 0 Å². The molecule has 1 aliphatic heterocycles. The highest BCUT2D eigenvalue weighted by Crippen LogP contribution is 2.41. The summed E-state index contributed by atoms with van der Waals surface area (Å²) in [6.45, 7) is 1.96. The van der Waals surface area contributed by atoms with Crippen LogP contribution in [0.2, 0.25) is 0 Å². The number of aliphatic carboxylic acids is 1. The predicted octanol–water partition coefficient (Wildman–Crippen LogP) is 3.68. The van der Waals surface area contributed by atoms with Crippen LogP contribution in [-0.4, -0.2) is 35.1 Å². The highest BCUT2D eigenvalue weighted by molar-refractivity contribution is 5.75. The van der Waals surface area contributed by atoms with Gasteiger partial charge in [0.2, 0.25) is 0 Å². The molecule has 3 aliphatic rings. The maximum atomic E-state index is 11.9. The van der Waals surface area contributed by atoms with E-state index in [1.807, 2.05) is 0 Å². The Morgan fingerprint density at radius 1 is 1.00 bits per heavy atom. The topological polar surface area (TPSA) is 40.5 Å². The molecule has 0 aromatic heterocycles. The summed E-state index contributed by atoms with van der Waals surface area (Å²) >= 11 is 0. The Morgan fingerprint density at radius 2 is 1.70 bits per heavy atom. The molecule has 0 amide bonds. The van der Waals surface area contributed by atoms with Crippen LogP contribution in [-0.2, 0) is 4.79 Å². The molecule has 20 heavy (non-hydrogen) atoms. The van der Waals surface area contributed by atoms with Crippen LogP contribution < -0.4 is 0 Å². The van der Waals surface area contributed by atoms with Gasteiger partial charge >= 0.3 is 5.97 Å². The van der Waals surface area contributed by atoms with Gasteiger partial charge in [-0.3, -0.25) is 9.69 Å². The lowest BCUT2D eigenvalue weighted by Crippen LogP contribution is -2.53. The van der Waals surface area contributed by atoms with Crippen LogP contribution in [0.1, 0.15) is 70.6 Å². The van der Waals surface area contributed by atoms with Crippen molar-refractivity contribution in [1.29, 1.82) is 0 Å². The van der Waals surface area contributed by atoms with Crippen molar-refractivity contribution >= 4 is 5.97 Å². The van der Waals surface area contributed by atoms with E-state index in [0.717, 1.165) is 44.7 Å². The average molecular weight is 279 g/mol. The first kappa shape index (κ1) is 14.4. The summed E-state index contributed by atoms with van der Waals surface area (Å²) < 4.78 is 0. The first-order valence-corrected chi connectivity index (χ1v) is 8.69. The van der Waals surface area contributed by atoms with Gasteiger partial charge < -0.3 is 5.11 Å². The zero-order valence-corrected chi connectivity index (χ0v) is 12.6. The summed E-state index contributed by atoms with van der Waals surface area (Å²) in [7, 11) is 0. The van der Waals surface area contributed by atoms with E-state index in [9.17, 15) is 9.90 Å². The molecule has 114 valence electrons. The van der Waals surface area contributed by atoms with Crippen molar-refractivity contribution < 1.29 is 9.90 Å². The van der Waals surface area contributed by atoms with Gasteiger partial charge in [-0.05, 0) is 51.0 Å². The quantitative estimate of drug-likeness (QED) is 0.857. The average Bonchev–Trinajstić information content (AvgIpc) is 2.48. The van der Waals surface area contributed by atoms with Gasteiger partial charge in [0.05, 0.1) is 5.41 Å². The first-order valence-electron chi connectivity index (χ1n) is 8.69. The summed E-state index contributed by atoms with van der Waals surface area (Å²) in [6, 6.07) is 0.690. The lowest BCUT2D eigenvalue weighted by Gasteiger charge is -2.48. The Hall–Kier alpha value is -0.570. The third kappa shape index (κ3) is 2.74. The number of nitrogens with zero attached hydrogens (tertiary/aromatic N) is 1. The number of hydrogen-bond donors (Lipinski definition) is 1. The van der Waals surface area contributed by atoms with Gasteiger partial charge in [-0.2, -0.15) is 0 Å². The zero-order chi connectivity index (χ0) is 14.0. The zero-order valence-electron chi connectivity index (χ0n) is 12.6. The van der Waals surface area contributed by atoms with E-state index < -0.39 is 11.4 Å². The Bertz CT molecular complexity index is 347. The SMILES string of the molecule is O=C(O)C1(CN2CCC[C@H]3CCCC[C@H]32)CCCCC1. The van der Waals surface area contributed by atoms with Gasteiger partial charge in [-0.1, -0.05) is 32.1 Å². The fourth-order valence-electron chi connectivity index (χ4n) is 4.98. The van der Waals surface area contributed by atoms with Crippen LogP contribution in [0.25, 0.3) is 0 Å². The third-order valence-corrected chi connectivity index (χ3v) is 6.13. The van der Waals surface area contributed by atoms with E-state index in [4.69, 9.17) is 0 Å². The predicted molar refractivity (Wildman–Crippen MR) is 79.7 cm³/mol. The lowest BCUT2D eigenvalue weighted by molar-refractivity contribution is -0.154. The maximum absolute atomic E-state index is 11.9. The highest BCUT2D eigenvalue weighted by Gasteiger charge is 2.44. The number of carbonyl (C=O) groups is 1. The van der Waals surface area contributed by atoms with E-state index >= 15 is 0 Å². The van der Waals surface area contributed by atoms with E-state index in [-0.39, 0.29) is 0 Å². The van der Waals surface area contributed by atoms with E-state index in [1.54, 1.807) is 0 Å². The van der Waals surface area contributed by atoms with E-state index in [2.05, 4.69) is 4.90 Å². The number of fused-ring (bicyclic) bond motifs is 1. The molecule has 0 spiro atoms. The molecule has 2 aliphatic carbocycles. The van der Waals surface area contributed by atoms with Gasteiger partial charge in [0, 0.05) is 12.6 Å². The first-order chi connectivity index (χ1) is 9.71. The molecule has 0 aromatic rings. The van der Waals surface area contributed by atoms with E-state index in [0.29, 0.717) is 6.04 Å². The molecule has 3 nitrogen and oxygen atoms in total. The number of rotatable bonds is 3. The molecule has 0 bridgehead atoms. The molecule has 1 heterocycles. The summed E-state index contributed by atoms with van der Waals surface area (Å²) in [5.41, 5.74) is -0.433. The molecule has 3 heteroatoms. The molecular weight excluding hydrogens is 250 g/mol. The number of hydrogen-bond acceptors (Lipinski definition) is 2. The Balaban J connectivity index is 1.72. The minimum Gasteiger partial charge on any atom is -0.481 e. The fourth-order valence-corrected chi connectivity index (χ4v) is 4.98. The van der Waals surface area contributed by atoms with Gasteiger partial charge in [0.25, 0.3) is 0 Å². The molecular formula is C17H29NO2. The third-order valence-electron chi connectivity index (χ3n) is 6.13. The summed E-state index contributed by atoms with van der Waals surface area (Å²) in [5.74, 6) is 0.321. The van der Waals surface area contributed by atoms with Crippen LogP contribution in [0, 0.1) is 11.3 Å². The number of piperidine rings is 1. The molecule has 1 saturated heterocycles. The molecule has 3 fully saturated rings. The molecule has 2 atom stereocenters. The summed E-state index contributed by atoms with van der Waals surface area (Å²) in [5, 5.41) is 9.79. The smallest absolute Gasteiger partial charge is 0.310 e. The molecule has 0 radical (unpaired) electrons. The second-order valence-corrected chi connectivity index (χ2v) is 7.37. The van der Waals surface area contributed by atoms with Crippen LogP contribution in [0.4, 0.5) is 0 Å². The Labute approximate surface area is 122 Å². The van der Waals surface area contributed by atoms with Crippen LogP contribution in [0.15, 0.2) is 0 Å². The normalized spacial score (nSPS) is 34.4. The summed E-state index contributed by atoms with van der Waals surface area (Å²) in [6.07, 6.45) is 13.3. The van der Waals surface area contributed by atoms with Crippen molar-refractivity contribution in [2.45, 2.75) is 76.7 Å². The van der Waals surface area contributed by atoms with Gasteiger partial charge in [0.1, 0.15) is 0 Å². The van der Waals surface area contributed by atoms with Crippen molar-refractivity contribution in [2.75, 3.05) is 13.1 Å². The van der Waals surface area contributed by atoms with Crippen molar-refractivity contribution in [3.05, 3.63) is 0 Å². The van der Waals surface area contributed by atoms with E-state index in [1.165, 1.54) is 44.9 Å². The molecule has 0 unspecified atom stereocenters. The molecule has 0 aromatic carbocycles. The molecule has 2 saturated carbocycles. The Kier molecular flexibility index (Phi) is 4.34. The number of likely N-dealkylation sites (tertiary alicyclic amines) is 1. The van der Waals surface area contributed by atoms with Crippen molar-refractivity contribution in [3.63, 3.8) is 0 Å². The van der Waals surface area contributed by atoms with Gasteiger partial charge in [-0.15, -0.1) is 0 Å². The van der Waals surface area contributed by atoms with Crippen LogP contribution in [0.5, 0.6) is 0 Å². The van der Waals surface area contributed by atoms with Crippen molar-refractivity contribution in [3.8, 4) is 0 Å². The Morgan fingerprint density at radius 3 is 2.45 bits per heavy atom. The lowest BCUT2D eigenvalue weighted by atomic mass is 9.71. The number of carboxylic acid groups (broad SMARTS) is 1.